The van der Waals surface area contributed by atoms with Crippen LogP contribution in [0.4, 0.5) is 0 Å². The fourth-order valence-corrected chi connectivity index (χ4v) is 1.86. The molecule has 0 spiro atoms. The highest BCUT2D eigenvalue weighted by atomic mass is 35.5. The standard InChI is InChI=1S/C15H25ClN2/c1-12(10-17-15(2,3)4)18(5)11-13-8-6-7-9-14(13)16/h6-9,12,17H,10-11H2,1-5H3. The van der Waals surface area contributed by atoms with E-state index in [1.807, 2.05) is 18.2 Å². The van der Waals surface area contributed by atoms with E-state index in [1.54, 1.807) is 0 Å². The first-order chi connectivity index (χ1) is 8.29. The molecule has 0 amide bonds. The molecular weight excluding hydrogens is 244 g/mol. The topological polar surface area (TPSA) is 15.3 Å². The van der Waals surface area contributed by atoms with Crippen molar-refractivity contribution < 1.29 is 0 Å². The molecule has 0 aromatic heterocycles. The summed E-state index contributed by atoms with van der Waals surface area (Å²) in [7, 11) is 2.14. The van der Waals surface area contributed by atoms with Crippen molar-refractivity contribution in [3.8, 4) is 0 Å². The van der Waals surface area contributed by atoms with Crippen molar-refractivity contribution in [3.05, 3.63) is 34.9 Å². The predicted molar refractivity (Wildman–Crippen MR) is 80.1 cm³/mol. The Labute approximate surface area is 116 Å². The molecule has 1 atom stereocenters. The van der Waals surface area contributed by atoms with Crippen molar-refractivity contribution in [2.75, 3.05) is 13.6 Å². The molecule has 1 rings (SSSR count). The van der Waals surface area contributed by atoms with Crippen LogP contribution in [-0.2, 0) is 6.54 Å². The number of nitrogens with one attached hydrogen (secondary N) is 1. The molecule has 0 radical (unpaired) electrons. The number of rotatable bonds is 5. The van der Waals surface area contributed by atoms with Gasteiger partial charge in [-0.15, -0.1) is 0 Å². The van der Waals surface area contributed by atoms with E-state index in [2.05, 4.69) is 51.0 Å². The van der Waals surface area contributed by atoms with Crippen LogP contribution in [0.5, 0.6) is 0 Å². The van der Waals surface area contributed by atoms with Crippen LogP contribution in [0.25, 0.3) is 0 Å². The van der Waals surface area contributed by atoms with Crippen LogP contribution >= 0.6 is 11.6 Å². The van der Waals surface area contributed by atoms with Gasteiger partial charge in [0.05, 0.1) is 0 Å². The highest BCUT2D eigenvalue weighted by molar-refractivity contribution is 6.31. The highest BCUT2D eigenvalue weighted by Crippen LogP contribution is 2.17. The number of halogens is 1. The molecule has 1 aromatic carbocycles. The zero-order chi connectivity index (χ0) is 13.8. The van der Waals surface area contributed by atoms with Gasteiger partial charge in [-0.05, 0) is 46.4 Å². The van der Waals surface area contributed by atoms with Crippen molar-refractivity contribution in [1.82, 2.24) is 10.2 Å². The second-order valence-corrected chi connectivity index (χ2v) is 6.39. The monoisotopic (exact) mass is 268 g/mol. The van der Waals surface area contributed by atoms with Crippen LogP contribution in [0.15, 0.2) is 24.3 Å². The Kier molecular flexibility index (Phi) is 5.64. The lowest BCUT2D eigenvalue weighted by molar-refractivity contribution is 0.228. The lowest BCUT2D eigenvalue weighted by Crippen LogP contribution is -2.45. The Morgan fingerprint density at radius 3 is 2.44 bits per heavy atom. The van der Waals surface area contributed by atoms with Gasteiger partial charge in [-0.2, -0.15) is 0 Å². The molecule has 1 aromatic rings. The smallest absolute Gasteiger partial charge is 0.0451 e. The maximum atomic E-state index is 6.18. The quantitative estimate of drug-likeness (QED) is 0.879. The molecule has 0 fully saturated rings. The summed E-state index contributed by atoms with van der Waals surface area (Å²) in [5, 5.41) is 4.38. The van der Waals surface area contributed by atoms with Gasteiger partial charge in [-0.3, -0.25) is 4.90 Å². The van der Waals surface area contributed by atoms with Crippen molar-refractivity contribution in [1.29, 1.82) is 0 Å². The lowest BCUT2D eigenvalue weighted by atomic mass is 10.1. The van der Waals surface area contributed by atoms with Gasteiger partial charge < -0.3 is 5.32 Å². The highest BCUT2D eigenvalue weighted by Gasteiger charge is 2.14. The minimum absolute atomic E-state index is 0.166. The SMILES string of the molecule is CC(CNC(C)(C)C)N(C)Cc1ccccc1Cl. The summed E-state index contributed by atoms with van der Waals surface area (Å²) >= 11 is 6.18. The summed E-state index contributed by atoms with van der Waals surface area (Å²) in [6, 6.07) is 8.51. The van der Waals surface area contributed by atoms with Crippen molar-refractivity contribution in [3.63, 3.8) is 0 Å². The molecule has 0 heterocycles. The minimum Gasteiger partial charge on any atom is -0.311 e. The zero-order valence-corrected chi connectivity index (χ0v) is 12.9. The molecule has 0 aliphatic carbocycles. The van der Waals surface area contributed by atoms with Gasteiger partial charge in [0, 0.05) is 29.7 Å². The molecule has 0 aliphatic heterocycles. The molecule has 102 valence electrons. The van der Waals surface area contributed by atoms with Gasteiger partial charge in [0.25, 0.3) is 0 Å². The summed E-state index contributed by atoms with van der Waals surface area (Å²) in [5.41, 5.74) is 1.35. The number of likely N-dealkylation sites (N-methyl/N-ethyl adjacent to an activating group) is 1. The van der Waals surface area contributed by atoms with Gasteiger partial charge in [-0.25, -0.2) is 0 Å². The van der Waals surface area contributed by atoms with Crippen LogP contribution in [0, 0.1) is 0 Å². The van der Waals surface area contributed by atoms with Crippen molar-refractivity contribution in [2.45, 2.75) is 45.8 Å². The second kappa shape index (κ2) is 6.55. The van der Waals surface area contributed by atoms with Crippen LogP contribution in [0.3, 0.4) is 0 Å². The Hall–Kier alpha value is -0.570. The summed E-state index contributed by atoms with van der Waals surface area (Å²) in [4.78, 5) is 2.32. The fraction of sp³-hybridized carbons (Fsp3) is 0.600. The van der Waals surface area contributed by atoms with E-state index in [4.69, 9.17) is 11.6 Å². The van der Waals surface area contributed by atoms with E-state index >= 15 is 0 Å². The average Bonchev–Trinajstić information content (AvgIpc) is 2.28. The van der Waals surface area contributed by atoms with Gasteiger partial charge in [0.2, 0.25) is 0 Å². The summed E-state index contributed by atoms with van der Waals surface area (Å²) in [5.74, 6) is 0. The minimum atomic E-state index is 0.166. The summed E-state index contributed by atoms with van der Waals surface area (Å²) in [6.45, 7) is 10.7. The number of benzene rings is 1. The number of nitrogens with zero attached hydrogens (tertiary/aromatic N) is 1. The lowest BCUT2D eigenvalue weighted by Gasteiger charge is -2.29. The van der Waals surface area contributed by atoms with E-state index in [-0.39, 0.29) is 5.54 Å². The summed E-state index contributed by atoms with van der Waals surface area (Å²) < 4.78 is 0. The van der Waals surface area contributed by atoms with Crippen LogP contribution in [0.1, 0.15) is 33.3 Å². The molecule has 1 unspecified atom stereocenters. The van der Waals surface area contributed by atoms with Crippen LogP contribution in [0.2, 0.25) is 5.02 Å². The number of hydrogen-bond acceptors (Lipinski definition) is 2. The third-order valence-electron chi connectivity index (χ3n) is 3.06. The van der Waals surface area contributed by atoms with Crippen molar-refractivity contribution >= 4 is 11.6 Å². The van der Waals surface area contributed by atoms with E-state index in [0.29, 0.717) is 6.04 Å². The Bertz CT molecular complexity index is 371. The predicted octanol–water partition coefficient (Wildman–Crippen LogP) is 3.55. The number of hydrogen-bond donors (Lipinski definition) is 1. The molecule has 1 N–H and O–H groups in total. The van der Waals surface area contributed by atoms with Gasteiger partial charge in [0.15, 0.2) is 0 Å². The Morgan fingerprint density at radius 1 is 1.28 bits per heavy atom. The average molecular weight is 269 g/mol. The van der Waals surface area contributed by atoms with E-state index in [9.17, 15) is 0 Å². The van der Waals surface area contributed by atoms with Gasteiger partial charge in [-0.1, -0.05) is 29.8 Å². The molecule has 2 nitrogen and oxygen atoms in total. The molecule has 3 heteroatoms. The second-order valence-electron chi connectivity index (χ2n) is 5.99. The maximum Gasteiger partial charge on any atom is 0.0451 e. The first-order valence-electron chi connectivity index (χ1n) is 6.48. The molecule has 0 saturated carbocycles. The van der Waals surface area contributed by atoms with Crippen LogP contribution < -0.4 is 5.32 Å². The molecule has 18 heavy (non-hydrogen) atoms. The largest absolute Gasteiger partial charge is 0.311 e. The van der Waals surface area contributed by atoms with Crippen LogP contribution in [-0.4, -0.2) is 30.1 Å². The first kappa shape index (κ1) is 15.5. The Balaban J connectivity index is 2.50. The molecule has 0 saturated heterocycles. The first-order valence-corrected chi connectivity index (χ1v) is 6.86. The Morgan fingerprint density at radius 2 is 1.89 bits per heavy atom. The van der Waals surface area contributed by atoms with Gasteiger partial charge in [0.1, 0.15) is 0 Å². The summed E-state index contributed by atoms with van der Waals surface area (Å²) in [6.07, 6.45) is 0. The zero-order valence-electron chi connectivity index (χ0n) is 12.1. The van der Waals surface area contributed by atoms with Crippen molar-refractivity contribution in [2.24, 2.45) is 0 Å². The third kappa shape index (κ3) is 5.38. The molecule has 0 aliphatic rings. The van der Waals surface area contributed by atoms with E-state index in [0.717, 1.165) is 18.1 Å². The normalized spacial score (nSPS) is 13.9. The van der Waals surface area contributed by atoms with Gasteiger partial charge >= 0.3 is 0 Å². The van der Waals surface area contributed by atoms with E-state index in [1.165, 1.54) is 5.56 Å². The fourth-order valence-electron chi connectivity index (χ4n) is 1.66. The van der Waals surface area contributed by atoms with E-state index < -0.39 is 0 Å². The molecular formula is C15H25ClN2. The molecule has 0 bridgehead atoms. The third-order valence-corrected chi connectivity index (χ3v) is 3.43. The maximum absolute atomic E-state index is 6.18.